The minimum absolute atomic E-state index is 0.250. The largest absolute Gasteiger partial charge is 0.469 e. The van der Waals surface area contributed by atoms with Crippen LogP contribution in [0.3, 0.4) is 0 Å². The molecule has 3 atom stereocenters. The van der Waals surface area contributed by atoms with E-state index in [0.717, 1.165) is 19.3 Å². The number of thiophene rings is 1. The fourth-order valence-corrected chi connectivity index (χ4v) is 6.24. The summed E-state index contributed by atoms with van der Waals surface area (Å²) in [6, 6.07) is 3.10. The highest BCUT2D eigenvalue weighted by molar-refractivity contribution is 7.91. The van der Waals surface area contributed by atoms with E-state index in [2.05, 4.69) is 0 Å². The summed E-state index contributed by atoms with van der Waals surface area (Å²) in [5.74, 6) is -0.341. The third-order valence-corrected chi connectivity index (χ3v) is 7.56. The van der Waals surface area contributed by atoms with Crippen molar-refractivity contribution in [2.75, 3.05) is 13.7 Å². The van der Waals surface area contributed by atoms with Crippen LogP contribution in [0.25, 0.3) is 0 Å². The van der Waals surface area contributed by atoms with Crippen LogP contribution in [-0.2, 0) is 19.6 Å². The zero-order chi connectivity index (χ0) is 14.3. The van der Waals surface area contributed by atoms with Gasteiger partial charge >= 0.3 is 5.97 Å². The van der Waals surface area contributed by atoms with Crippen molar-refractivity contribution in [3.8, 4) is 0 Å². The van der Waals surface area contributed by atoms with Gasteiger partial charge in [-0.25, -0.2) is 8.42 Å². The second-order valence-electron chi connectivity index (χ2n) is 5.38. The van der Waals surface area contributed by atoms with E-state index >= 15 is 0 Å². The molecule has 20 heavy (non-hydrogen) atoms. The van der Waals surface area contributed by atoms with Crippen LogP contribution < -0.4 is 0 Å². The molecule has 4 rings (SSSR count). The number of esters is 1. The Morgan fingerprint density at radius 1 is 1.45 bits per heavy atom. The molecule has 2 aliphatic heterocycles. The van der Waals surface area contributed by atoms with Gasteiger partial charge in [-0.05, 0) is 36.6 Å². The van der Waals surface area contributed by atoms with E-state index in [0.29, 0.717) is 10.8 Å². The van der Waals surface area contributed by atoms with Gasteiger partial charge in [-0.3, -0.25) is 4.79 Å². The Bertz CT molecular complexity index is 596. The highest BCUT2D eigenvalue weighted by atomic mass is 32.2. The Kier molecular flexibility index (Phi) is 3.60. The molecular weight excluding hydrogens is 298 g/mol. The fraction of sp³-hybridized carbons (Fsp3) is 0.615. The summed E-state index contributed by atoms with van der Waals surface area (Å²) in [5.41, 5.74) is 0. The van der Waals surface area contributed by atoms with Crippen LogP contribution in [0, 0.1) is 11.8 Å². The third kappa shape index (κ3) is 2.17. The van der Waals surface area contributed by atoms with E-state index in [1.165, 1.54) is 22.8 Å². The molecule has 1 saturated carbocycles. The second kappa shape index (κ2) is 5.13. The van der Waals surface area contributed by atoms with Gasteiger partial charge in [-0.1, -0.05) is 6.07 Å². The van der Waals surface area contributed by atoms with Crippen molar-refractivity contribution in [3.05, 3.63) is 17.5 Å². The van der Waals surface area contributed by atoms with Crippen LogP contribution in [-0.4, -0.2) is 38.4 Å². The van der Waals surface area contributed by atoms with E-state index in [1.54, 1.807) is 17.5 Å². The zero-order valence-electron chi connectivity index (χ0n) is 11.2. The number of rotatable bonds is 3. The van der Waals surface area contributed by atoms with E-state index in [9.17, 15) is 13.2 Å². The first kappa shape index (κ1) is 14.0. The van der Waals surface area contributed by atoms with Crippen LogP contribution in [0.2, 0.25) is 0 Å². The lowest BCUT2D eigenvalue weighted by Gasteiger charge is -2.47. The number of nitrogens with zero attached hydrogens (tertiary/aromatic N) is 1. The van der Waals surface area contributed by atoms with Crippen molar-refractivity contribution in [2.24, 2.45) is 11.8 Å². The molecule has 2 saturated heterocycles. The van der Waals surface area contributed by atoms with Crippen molar-refractivity contribution in [1.82, 2.24) is 4.31 Å². The summed E-state index contributed by atoms with van der Waals surface area (Å²) in [7, 11) is -2.12. The lowest BCUT2D eigenvalue weighted by Crippen LogP contribution is -2.57. The van der Waals surface area contributed by atoms with Crippen LogP contribution >= 0.6 is 11.3 Å². The summed E-state index contributed by atoms with van der Waals surface area (Å²) in [5, 5.41) is 1.76. The first-order valence-electron chi connectivity index (χ1n) is 6.67. The number of carbonyl (C=O) groups is 1. The molecule has 2 bridgehead atoms. The maximum Gasteiger partial charge on any atom is 0.310 e. The third-order valence-electron chi connectivity index (χ3n) is 4.29. The van der Waals surface area contributed by atoms with E-state index in [1.807, 2.05) is 0 Å². The molecule has 3 aliphatic rings. The number of ether oxygens (including phenoxy) is 1. The van der Waals surface area contributed by atoms with Gasteiger partial charge in [0.15, 0.2) is 0 Å². The quantitative estimate of drug-likeness (QED) is 0.797. The highest BCUT2D eigenvalue weighted by Crippen LogP contribution is 2.42. The Hall–Kier alpha value is -0.920. The average Bonchev–Trinajstić information content (AvgIpc) is 3.01. The Labute approximate surface area is 122 Å². The summed E-state index contributed by atoms with van der Waals surface area (Å²) in [6.45, 7) is 0.526. The molecule has 5 nitrogen and oxygen atoms in total. The first-order chi connectivity index (χ1) is 9.54. The van der Waals surface area contributed by atoms with Crippen molar-refractivity contribution >= 4 is 27.3 Å². The lowest BCUT2D eigenvalue weighted by molar-refractivity contribution is -0.151. The average molecular weight is 315 g/mol. The topological polar surface area (TPSA) is 63.7 Å². The van der Waals surface area contributed by atoms with E-state index in [4.69, 9.17) is 4.74 Å². The molecule has 3 heterocycles. The van der Waals surface area contributed by atoms with Crippen molar-refractivity contribution in [3.63, 3.8) is 0 Å². The van der Waals surface area contributed by atoms with Crippen LogP contribution in [0.1, 0.15) is 19.3 Å². The van der Waals surface area contributed by atoms with Crippen molar-refractivity contribution in [1.29, 1.82) is 0 Å². The van der Waals surface area contributed by atoms with Gasteiger partial charge in [0.1, 0.15) is 4.21 Å². The van der Waals surface area contributed by atoms with Gasteiger partial charge in [0, 0.05) is 12.6 Å². The number of hydrogen-bond acceptors (Lipinski definition) is 5. The smallest absolute Gasteiger partial charge is 0.310 e. The molecule has 3 fully saturated rings. The molecular formula is C13H17NO4S2. The Morgan fingerprint density at radius 3 is 2.85 bits per heavy atom. The standard InChI is InChI=1S/C13H17NO4S2/c1-18-13(15)10-7-9-4-5-11(10)14(8-9)20(16,17)12-3-2-6-19-12/h2-3,6,9-11H,4-5,7-8H2,1H3. The predicted molar refractivity (Wildman–Crippen MR) is 74.8 cm³/mol. The normalized spacial score (nSPS) is 30.4. The van der Waals surface area contributed by atoms with Gasteiger partial charge in [0.2, 0.25) is 0 Å². The predicted octanol–water partition coefficient (Wildman–Crippen LogP) is 1.71. The number of piperidine rings is 2. The van der Waals surface area contributed by atoms with Gasteiger partial charge in [0.25, 0.3) is 10.0 Å². The maximum absolute atomic E-state index is 12.7. The molecule has 1 aromatic heterocycles. The molecule has 0 radical (unpaired) electrons. The molecule has 1 aliphatic carbocycles. The molecule has 0 amide bonds. The van der Waals surface area contributed by atoms with Crippen molar-refractivity contribution < 1.29 is 17.9 Å². The molecule has 7 heteroatoms. The zero-order valence-corrected chi connectivity index (χ0v) is 12.8. The molecule has 0 aromatic carbocycles. The second-order valence-corrected chi connectivity index (χ2v) is 8.45. The summed E-state index contributed by atoms with van der Waals surface area (Å²) >= 11 is 1.22. The van der Waals surface area contributed by atoms with Crippen LogP contribution in [0.15, 0.2) is 21.7 Å². The fourth-order valence-electron chi connectivity index (χ4n) is 3.35. The SMILES string of the molecule is COC(=O)C1CC2CCC1N(S(=O)(=O)c1cccs1)C2. The number of sulfonamides is 1. The summed E-state index contributed by atoms with van der Waals surface area (Å²) < 4.78 is 32.1. The monoisotopic (exact) mass is 315 g/mol. The first-order valence-corrected chi connectivity index (χ1v) is 8.99. The van der Waals surface area contributed by atoms with Crippen LogP contribution in [0.4, 0.5) is 0 Å². The Morgan fingerprint density at radius 2 is 2.25 bits per heavy atom. The maximum atomic E-state index is 12.7. The molecule has 3 unspecified atom stereocenters. The lowest BCUT2D eigenvalue weighted by atomic mass is 9.74. The molecule has 0 spiro atoms. The van der Waals surface area contributed by atoms with E-state index in [-0.39, 0.29) is 23.8 Å². The number of fused-ring (bicyclic) bond motifs is 3. The van der Waals surface area contributed by atoms with Crippen LogP contribution in [0.5, 0.6) is 0 Å². The van der Waals surface area contributed by atoms with Gasteiger partial charge in [-0.15, -0.1) is 11.3 Å². The molecule has 1 aromatic rings. The van der Waals surface area contributed by atoms with Gasteiger partial charge in [-0.2, -0.15) is 4.31 Å². The van der Waals surface area contributed by atoms with Crippen molar-refractivity contribution in [2.45, 2.75) is 29.5 Å². The molecule has 110 valence electrons. The number of methoxy groups -OCH3 is 1. The van der Waals surface area contributed by atoms with E-state index < -0.39 is 10.0 Å². The summed E-state index contributed by atoms with van der Waals surface area (Å²) in [4.78, 5) is 11.9. The number of carbonyl (C=O) groups excluding carboxylic acids is 1. The minimum Gasteiger partial charge on any atom is -0.469 e. The van der Waals surface area contributed by atoms with Gasteiger partial charge < -0.3 is 4.74 Å². The minimum atomic E-state index is -3.48. The van der Waals surface area contributed by atoms with Gasteiger partial charge in [0.05, 0.1) is 13.0 Å². The Balaban J connectivity index is 1.93. The number of hydrogen-bond donors (Lipinski definition) is 0. The molecule has 0 N–H and O–H groups in total. The summed E-state index contributed by atoms with van der Waals surface area (Å²) in [6.07, 6.45) is 2.48. The highest BCUT2D eigenvalue weighted by Gasteiger charge is 2.49.